The van der Waals surface area contributed by atoms with Crippen molar-refractivity contribution >= 4 is 23.0 Å². The minimum Gasteiger partial charge on any atom is -0.441 e. The Labute approximate surface area is 198 Å². The van der Waals surface area contributed by atoms with E-state index in [-0.39, 0.29) is 12.2 Å². The smallest absolute Gasteiger partial charge is 0.410 e. The number of piperazine rings is 2. The number of amides is 1. The second kappa shape index (κ2) is 9.15. The molecule has 0 unspecified atom stereocenters. The predicted molar refractivity (Wildman–Crippen MR) is 131 cm³/mol. The first kappa shape index (κ1) is 21.2. The van der Waals surface area contributed by atoms with Gasteiger partial charge in [-0.15, -0.1) is 0 Å². The van der Waals surface area contributed by atoms with Crippen LogP contribution in [0.1, 0.15) is 0 Å². The van der Waals surface area contributed by atoms with Gasteiger partial charge in [0.15, 0.2) is 6.10 Å². The third kappa shape index (κ3) is 4.17. The molecule has 9 heteroatoms. The number of carbonyl (C=O) groups excluding carboxylic acids is 1. The Morgan fingerprint density at radius 3 is 2.41 bits per heavy atom. The summed E-state index contributed by atoms with van der Waals surface area (Å²) >= 11 is 0. The highest BCUT2D eigenvalue weighted by atomic mass is 16.6. The second-order valence-corrected chi connectivity index (χ2v) is 9.08. The van der Waals surface area contributed by atoms with E-state index in [9.17, 15) is 4.79 Å². The van der Waals surface area contributed by atoms with Gasteiger partial charge in [0.1, 0.15) is 0 Å². The maximum atomic E-state index is 12.4. The number of aromatic nitrogens is 2. The van der Waals surface area contributed by atoms with Crippen molar-refractivity contribution in [3.05, 3.63) is 48.8 Å². The van der Waals surface area contributed by atoms with Gasteiger partial charge in [0, 0.05) is 76.0 Å². The van der Waals surface area contributed by atoms with Crippen molar-refractivity contribution in [3.8, 4) is 11.1 Å². The molecule has 178 valence electrons. The lowest BCUT2D eigenvalue weighted by Crippen LogP contribution is -2.51. The van der Waals surface area contributed by atoms with Crippen LogP contribution in [0.25, 0.3) is 16.6 Å². The highest BCUT2D eigenvalue weighted by Gasteiger charge is 2.28. The van der Waals surface area contributed by atoms with Crippen LogP contribution in [0.5, 0.6) is 0 Å². The number of anilines is 2. The number of fused-ring (bicyclic) bond motifs is 1. The van der Waals surface area contributed by atoms with Gasteiger partial charge in [-0.3, -0.25) is 0 Å². The van der Waals surface area contributed by atoms with E-state index in [1.165, 1.54) is 11.3 Å². The van der Waals surface area contributed by atoms with Gasteiger partial charge in [-0.1, -0.05) is 12.1 Å². The molecule has 0 spiro atoms. The summed E-state index contributed by atoms with van der Waals surface area (Å²) in [6.07, 6.45) is 3.61. The summed E-state index contributed by atoms with van der Waals surface area (Å²) in [7, 11) is 0. The molecular formula is C25H30N6O3. The Hall–Kier alpha value is -3.30. The minimum atomic E-state index is -0.234. The van der Waals surface area contributed by atoms with Crippen LogP contribution in [0.2, 0.25) is 0 Å². The molecular weight excluding hydrogens is 432 g/mol. The third-order valence-electron chi connectivity index (χ3n) is 6.92. The minimum absolute atomic E-state index is 0.0876. The standard InChI is InChI=1S/C25H30N6O3/c32-25(34-22-17-33-18-22)30-13-11-29(12-14-30)23-5-6-27-31-16-20(15-24(23)31)19-1-3-21(4-2-19)28-9-7-26-8-10-28/h1-6,15-16,22,26H,7-14,17-18H2. The summed E-state index contributed by atoms with van der Waals surface area (Å²) in [6.45, 7) is 7.98. The number of hydrogen-bond acceptors (Lipinski definition) is 7. The first-order valence-electron chi connectivity index (χ1n) is 12.1. The molecule has 1 N–H and O–H groups in total. The van der Waals surface area contributed by atoms with E-state index in [1.54, 1.807) is 4.90 Å². The van der Waals surface area contributed by atoms with Gasteiger partial charge < -0.3 is 29.5 Å². The third-order valence-corrected chi connectivity index (χ3v) is 6.92. The van der Waals surface area contributed by atoms with Crippen molar-refractivity contribution in [2.24, 2.45) is 0 Å². The number of benzene rings is 1. The van der Waals surface area contributed by atoms with E-state index < -0.39 is 0 Å². The van der Waals surface area contributed by atoms with E-state index in [4.69, 9.17) is 9.47 Å². The molecule has 0 saturated carbocycles. The van der Waals surface area contributed by atoms with Crippen LogP contribution in [0, 0.1) is 0 Å². The fourth-order valence-electron chi connectivity index (χ4n) is 4.84. The molecule has 34 heavy (non-hydrogen) atoms. The van der Waals surface area contributed by atoms with Crippen molar-refractivity contribution < 1.29 is 14.3 Å². The normalized spacial score (nSPS) is 19.4. The Kier molecular flexibility index (Phi) is 5.72. The summed E-state index contributed by atoms with van der Waals surface area (Å²) < 4.78 is 12.5. The van der Waals surface area contributed by atoms with E-state index in [0.29, 0.717) is 26.3 Å². The van der Waals surface area contributed by atoms with Crippen molar-refractivity contribution in [1.82, 2.24) is 19.8 Å². The van der Waals surface area contributed by atoms with Gasteiger partial charge in [0.25, 0.3) is 0 Å². The molecule has 1 aromatic carbocycles. The zero-order valence-corrected chi connectivity index (χ0v) is 19.2. The SMILES string of the molecule is O=C(OC1COC1)N1CCN(c2ccnn3cc(-c4ccc(N5CCNCC5)cc4)cc23)CC1. The highest BCUT2D eigenvalue weighted by Crippen LogP contribution is 2.30. The van der Waals surface area contributed by atoms with Gasteiger partial charge in [-0.25, -0.2) is 9.31 Å². The molecule has 9 nitrogen and oxygen atoms in total. The lowest BCUT2D eigenvalue weighted by molar-refractivity contribution is -0.104. The first-order chi connectivity index (χ1) is 16.7. The zero-order chi connectivity index (χ0) is 22.9. The van der Waals surface area contributed by atoms with E-state index in [0.717, 1.165) is 56.0 Å². The van der Waals surface area contributed by atoms with Crippen molar-refractivity contribution in [2.75, 3.05) is 75.4 Å². The fourth-order valence-corrected chi connectivity index (χ4v) is 4.84. The fraction of sp³-hybridized carbons (Fsp3) is 0.440. The van der Waals surface area contributed by atoms with Crippen LogP contribution in [0.4, 0.5) is 16.2 Å². The van der Waals surface area contributed by atoms with Crippen LogP contribution >= 0.6 is 0 Å². The Bertz CT molecular complexity index is 1150. The predicted octanol–water partition coefficient (Wildman–Crippen LogP) is 2.07. The molecule has 5 heterocycles. The largest absolute Gasteiger partial charge is 0.441 e. The Morgan fingerprint density at radius 2 is 1.71 bits per heavy atom. The lowest BCUT2D eigenvalue weighted by Gasteiger charge is -2.37. The molecule has 0 bridgehead atoms. The summed E-state index contributed by atoms with van der Waals surface area (Å²) in [5.74, 6) is 0. The van der Waals surface area contributed by atoms with Gasteiger partial charge in [0.2, 0.25) is 0 Å². The molecule has 6 rings (SSSR count). The van der Waals surface area contributed by atoms with Gasteiger partial charge in [-0.05, 0) is 29.8 Å². The molecule has 3 saturated heterocycles. The zero-order valence-electron chi connectivity index (χ0n) is 19.2. The molecule has 0 atom stereocenters. The highest BCUT2D eigenvalue weighted by molar-refractivity contribution is 5.80. The molecule has 0 aliphatic carbocycles. The van der Waals surface area contributed by atoms with Crippen LogP contribution in [0.3, 0.4) is 0 Å². The maximum absolute atomic E-state index is 12.4. The van der Waals surface area contributed by atoms with Crippen LogP contribution in [-0.2, 0) is 9.47 Å². The van der Waals surface area contributed by atoms with Gasteiger partial charge >= 0.3 is 6.09 Å². The Morgan fingerprint density at radius 1 is 0.941 bits per heavy atom. The van der Waals surface area contributed by atoms with Crippen LogP contribution in [0.15, 0.2) is 48.8 Å². The first-order valence-corrected chi connectivity index (χ1v) is 12.1. The molecule has 3 fully saturated rings. The average Bonchev–Trinajstić information content (AvgIpc) is 3.31. The van der Waals surface area contributed by atoms with Crippen molar-refractivity contribution in [1.29, 1.82) is 0 Å². The number of hydrogen-bond donors (Lipinski definition) is 1. The monoisotopic (exact) mass is 462 g/mol. The van der Waals surface area contributed by atoms with Crippen LogP contribution in [-0.4, -0.2) is 92.3 Å². The number of rotatable bonds is 4. The molecule has 1 amide bonds. The quantitative estimate of drug-likeness (QED) is 0.636. The summed E-state index contributed by atoms with van der Waals surface area (Å²) in [5.41, 5.74) is 5.82. The van der Waals surface area contributed by atoms with Crippen molar-refractivity contribution in [3.63, 3.8) is 0 Å². The number of ether oxygens (including phenoxy) is 2. The number of nitrogens with zero attached hydrogens (tertiary/aromatic N) is 5. The van der Waals surface area contributed by atoms with Crippen molar-refractivity contribution in [2.45, 2.75) is 6.10 Å². The summed E-state index contributed by atoms with van der Waals surface area (Å²) in [6, 6.07) is 13.1. The van der Waals surface area contributed by atoms with Gasteiger partial charge in [0.05, 0.1) is 24.4 Å². The van der Waals surface area contributed by atoms with Crippen LogP contribution < -0.4 is 15.1 Å². The van der Waals surface area contributed by atoms with E-state index in [1.807, 2.05) is 10.7 Å². The average molecular weight is 463 g/mol. The molecule has 3 aromatic rings. The number of carbonyl (C=O) groups is 1. The topological polar surface area (TPSA) is 74.6 Å². The Balaban J connectivity index is 1.16. The maximum Gasteiger partial charge on any atom is 0.410 e. The molecule has 3 aliphatic heterocycles. The molecule has 3 aliphatic rings. The molecule has 0 radical (unpaired) electrons. The summed E-state index contributed by atoms with van der Waals surface area (Å²) in [4.78, 5) is 18.9. The second-order valence-electron chi connectivity index (χ2n) is 9.08. The molecule has 2 aromatic heterocycles. The number of nitrogens with one attached hydrogen (secondary N) is 1. The van der Waals surface area contributed by atoms with E-state index >= 15 is 0 Å². The summed E-state index contributed by atoms with van der Waals surface area (Å²) in [5, 5.41) is 7.95. The lowest BCUT2D eigenvalue weighted by atomic mass is 10.1. The van der Waals surface area contributed by atoms with E-state index in [2.05, 4.69) is 62.8 Å². The van der Waals surface area contributed by atoms with Gasteiger partial charge in [-0.2, -0.15) is 5.10 Å².